The zero-order valence-corrected chi connectivity index (χ0v) is 8.56. The second-order valence-electron chi connectivity index (χ2n) is 3.79. The number of nitrogens with two attached hydrogens (primary N) is 1. The average Bonchev–Trinajstić information content (AvgIpc) is 2.82. The van der Waals surface area contributed by atoms with Gasteiger partial charge in [-0.15, -0.1) is 0 Å². The standard InChI is InChI=1S/C12H15NO2/c13-11(9-5-2-1-3-6-9)12(14)10-7-4-8-15-10/h1-3,5-6,10-11H,4,7-8,13H2. The van der Waals surface area contributed by atoms with E-state index in [1.807, 2.05) is 30.3 Å². The normalized spacial score (nSPS) is 22.6. The third-order valence-corrected chi connectivity index (χ3v) is 2.71. The number of ketones is 1. The second kappa shape index (κ2) is 4.55. The molecule has 0 aromatic heterocycles. The van der Waals surface area contributed by atoms with E-state index in [1.165, 1.54) is 0 Å². The molecule has 80 valence electrons. The van der Waals surface area contributed by atoms with Gasteiger partial charge in [0.15, 0.2) is 5.78 Å². The van der Waals surface area contributed by atoms with Gasteiger partial charge >= 0.3 is 0 Å². The average molecular weight is 205 g/mol. The van der Waals surface area contributed by atoms with Crippen LogP contribution >= 0.6 is 0 Å². The van der Waals surface area contributed by atoms with E-state index in [0.29, 0.717) is 6.61 Å². The summed E-state index contributed by atoms with van der Waals surface area (Å²) >= 11 is 0. The van der Waals surface area contributed by atoms with Gasteiger partial charge < -0.3 is 10.5 Å². The van der Waals surface area contributed by atoms with Crippen LogP contribution in [0.5, 0.6) is 0 Å². The first kappa shape index (κ1) is 10.3. The van der Waals surface area contributed by atoms with Gasteiger partial charge in [0.05, 0.1) is 6.04 Å². The van der Waals surface area contributed by atoms with Gasteiger partial charge in [-0.3, -0.25) is 4.79 Å². The van der Waals surface area contributed by atoms with Gasteiger partial charge in [-0.25, -0.2) is 0 Å². The summed E-state index contributed by atoms with van der Waals surface area (Å²) in [6.45, 7) is 0.678. The quantitative estimate of drug-likeness (QED) is 0.812. The van der Waals surface area contributed by atoms with Crippen LogP contribution in [0.4, 0.5) is 0 Å². The van der Waals surface area contributed by atoms with E-state index in [2.05, 4.69) is 0 Å². The first-order valence-corrected chi connectivity index (χ1v) is 5.25. The highest BCUT2D eigenvalue weighted by Gasteiger charge is 2.28. The number of carbonyl (C=O) groups excluding carboxylic acids is 1. The van der Waals surface area contributed by atoms with Crippen molar-refractivity contribution in [2.45, 2.75) is 25.0 Å². The molecule has 0 saturated carbocycles. The van der Waals surface area contributed by atoms with Crippen molar-refractivity contribution in [2.75, 3.05) is 6.61 Å². The van der Waals surface area contributed by atoms with E-state index in [9.17, 15) is 4.79 Å². The molecule has 1 aliphatic heterocycles. The minimum atomic E-state index is -0.547. The van der Waals surface area contributed by atoms with Gasteiger partial charge in [0.1, 0.15) is 6.10 Å². The molecule has 1 aromatic carbocycles. The molecule has 0 aliphatic carbocycles. The molecule has 1 heterocycles. The molecule has 2 atom stereocenters. The van der Waals surface area contributed by atoms with E-state index in [0.717, 1.165) is 18.4 Å². The van der Waals surface area contributed by atoms with Crippen molar-refractivity contribution in [1.29, 1.82) is 0 Å². The highest BCUT2D eigenvalue weighted by Crippen LogP contribution is 2.20. The maximum atomic E-state index is 11.9. The molecule has 0 amide bonds. The fraction of sp³-hybridized carbons (Fsp3) is 0.417. The van der Waals surface area contributed by atoms with Crippen LogP contribution in [-0.2, 0) is 9.53 Å². The summed E-state index contributed by atoms with van der Waals surface area (Å²) in [5, 5.41) is 0. The minimum Gasteiger partial charge on any atom is -0.370 e. The Balaban J connectivity index is 2.07. The van der Waals surface area contributed by atoms with Crippen molar-refractivity contribution in [3.05, 3.63) is 35.9 Å². The Hall–Kier alpha value is -1.19. The van der Waals surface area contributed by atoms with Gasteiger partial charge in [0.25, 0.3) is 0 Å². The third-order valence-electron chi connectivity index (χ3n) is 2.71. The fourth-order valence-electron chi connectivity index (χ4n) is 1.83. The number of ether oxygens (including phenoxy) is 1. The van der Waals surface area contributed by atoms with E-state index in [4.69, 9.17) is 10.5 Å². The number of benzene rings is 1. The van der Waals surface area contributed by atoms with Crippen LogP contribution in [0.15, 0.2) is 30.3 Å². The molecule has 0 radical (unpaired) electrons. The molecule has 1 saturated heterocycles. The predicted octanol–water partition coefficient (Wildman–Crippen LogP) is 1.43. The van der Waals surface area contributed by atoms with Crippen LogP contribution in [0.1, 0.15) is 24.4 Å². The van der Waals surface area contributed by atoms with Crippen molar-refractivity contribution in [3.63, 3.8) is 0 Å². The second-order valence-corrected chi connectivity index (χ2v) is 3.79. The minimum absolute atomic E-state index is 0.00120. The highest BCUT2D eigenvalue weighted by atomic mass is 16.5. The lowest BCUT2D eigenvalue weighted by molar-refractivity contribution is -0.129. The summed E-state index contributed by atoms with van der Waals surface area (Å²) in [5.41, 5.74) is 6.75. The molecule has 2 unspecified atom stereocenters. The lowest BCUT2D eigenvalue weighted by Gasteiger charge is -2.15. The predicted molar refractivity (Wildman–Crippen MR) is 57.4 cm³/mol. The van der Waals surface area contributed by atoms with Gasteiger partial charge in [-0.2, -0.15) is 0 Å². The first-order valence-electron chi connectivity index (χ1n) is 5.25. The molecule has 3 heteroatoms. The number of carbonyl (C=O) groups is 1. The SMILES string of the molecule is NC(C(=O)C1CCCO1)c1ccccc1. The van der Waals surface area contributed by atoms with Crippen molar-refractivity contribution in [3.8, 4) is 0 Å². The summed E-state index contributed by atoms with van der Waals surface area (Å²) in [6, 6.07) is 8.88. The van der Waals surface area contributed by atoms with Gasteiger partial charge in [-0.05, 0) is 18.4 Å². The molecule has 2 N–H and O–H groups in total. The third kappa shape index (κ3) is 2.25. The maximum Gasteiger partial charge on any atom is 0.182 e. The molecule has 2 rings (SSSR count). The van der Waals surface area contributed by atoms with Crippen LogP contribution in [0.25, 0.3) is 0 Å². The highest BCUT2D eigenvalue weighted by molar-refractivity contribution is 5.89. The van der Waals surface area contributed by atoms with Crippen LogP contribution < -0.4 is 5.73 Å². The van der Waals surface area contributed by atoms with Crippen molar-refractivity contribution < 1.29 is 9.53 Å². The van der Waals surface area contributed by atoms with E-state index in [-0.39, 0.29) is 11.9 Å². The summed E-state index contributed by atoms with van der Waals surface area (Å²) in [6.07, 6.45) is 1.47. The zero-order chi connectivity index (χ0) is 10.7. The number of hydrogen-bond acceptors (Lipinski definition) is 3. The molecule has 1 aliphatic rings. The molecular formula is C12H15NO2. The summed E-state index contributed by atoms with van der Waals surface area (Å²) < 4.78 is 5.33. The topological polar surface area (TPSA) is 52.3 Å². The number of Topliss-reactive ketones (excluding diaryl/α,β-unsaturated/α-hetero) is 1. The Morgan fingerprint density at radius 1 is 1.40 bits per heavy atom. The number of rotatable bonds is 3. The van der Waals surface area contributed by atoms with Crippen molar-refractivity contribution in [1.82, 2.24) is 0 Å². The largest absolute Gasteiger partial charge is 0.370 e. The van der Waals surface area contributed by atoms with E-state index >= 15 is 0 Å². The molecule has 1 fully saturated rings. The zero-order valence-electron chi connectivity index (χ0n) is 8.56. The van der Waals surface area contributed by atoms with Crippen LogP contribution in [0, 0.1) is 0 Å². The summed E-state index contributed by atoms with van der Waals surface area (Å²) in [4.78, 5) is 11.9. The van der Waals surface area contributed by atoms with Crippen molar-refractivity contribution in [2.24, 2.45) is 5.73 Å². The van der Waals surface area contributed by atoms with Gasteiger partial charge in [0, 0.05) is 6.61 Å². The van der Waals surface area contributed by atoms with Crippen LogP contribution in [0.3, 0.4) is 0 Å². The Morgan fingerprint density at radius 3 is 2.73 bits per heavy atom. The number of hydrogen-bond donors (Lipinski definition) is 1. The Bertz CT molecular complexity index is 331. The molecule has 0 bridgehead atoms. The molecular weight excluding hydrogens is 190 g/mol. The van der Waals surface area contributed by atoms with E-state index in [1.54, 1.807) is 0 Å². The van der Waals surface area contributed by atoms with Gasteiger partial charge in [-0.1, -0.05) is 30.3 Å². The summed E-state index contributed by atoms with van der Waals surface area (Å²) in [7, 11) is 0. The smallest absolute Gasteiger partial charge is 0.182 e. The Morgan fingerprint density at radius 2 is 2.13 bits per heavy atom. The molecule has 0 spiro atoms. The van der Waals surface area contributed by atoms with Crippen LogP contribution in [0.2, 0.25) is 0 Å². The summed E-state index contributed by atoms with van der Waals surface area (Å²) in [5.74, 6) is -0.00120. The van der Waals surface area contributed by atoms with E-state index < -0.39 is 6.04 Å². The Kier molecular flexibility index (Phi) is 3.14. The Labute approximate surface area is 89.2 Å². The fourth-order valence-corrected chi connectivity index (χ4v) is 1.83. The molecule has 3 nitrogen and oxygen atoms in total. The lowest BCUT2D eigenvalue weighted by atomic mass is 9.99. The lowest BCUT2D eigenvalue weighted by Crippen LogP contribution is -2.31. The molecule has 1 aromatic rings. The van der Waals surface area contributed by atoms with Gasteiger partial charge in [0.2, 0.25) is 0 Å². The molecule has 15 heavy (non-hydrogen) atoms. The van der Waals surface area contributed by atoms with Crippen molar-refractivity contribution >= 4 is 5.78 Å². The van der Waals surface area contributed by atoms with Crippen LogP contribution in [-0.4, -0.2) is 18.5 Å². The first-order chi connectivity index (χ1) is 7.29. The maximum absolute atomic E-state index is 11.9. The monoisotopic (exact) mass is 205 g/mol.